The van der Waals surface area contributed by atoms with Gasteiger partial charge in [-0.05, 0) is 35.7 Å². The van der Waals surface area contributed by atoms with E-state index in [1.54, 1.807) is 24.3 Å². The molecule has 2 N–H and O–H groups in total. The molecule has 0 unspecified atom stereocenters. The summed E-state index contributed by atoms with van der Waals surface area (Å²) in [5.74, 6) is 0.726. The van der Waals surface area contributed by atoms with Crippen LogP contribution in [0, 0.1) is 5.92 Å². The van der Waals surface area contributed by atoms with Gasteiger partial charge in [-0.25, -0.2) is 0 Å². The molecule has 0 heterocycles. The first-order chi connectivity index (χ1) is 13.3. The molecule has 0 saturated carbocycles. The second-order valence-electron chi connectivity index (χ2n) is 6.76. The number of nitrogens with one attached hydrogen (secondary N) is 2. The van der Waals surface area contributed by atoms with Crippen LogP contribution >= 0.6 is 11.6 Å². The zero-order valence-corrected chi connectivity index (χ0v) is 17.2. The van der Waals surface area contributed by atoms with E-state index in [4.69, 9.17) is 21.1 Å². The fraction of sp³-hybridized carbons (Fsp3) is 0.333. The highest BCUT2D eigenvalue weighted by Crippen LogP contribution is 2.36. The topological polar surface area (TPSA) is 76.7 Å². The molecule has 0 saturated heterocycles. The lowest BCUT2D eigenvalue weighted by Crippen LogP contribution is -2.23. The average molecular weight is 405 g/mol. The quantitative estimate of drug-likeness (QED) is 0.688. The van der Waals surface area contributed by atoms with Crippen molar-refractivity contribution >= 4 is 29.1 Å². The van der Waals surface area contributed by atoms with Gasteiger partial charge in [0.1, 0.15) is 0 Å². The summed E-state index contributed by atoms with van der Waals surface area (Å²) in [5, 5.41) is 5.87. The van der Waals surface area contributed by atoms with Crippen LogP contribution in [0.2, 0.25) is 5.02 Å². The van der Waals surface area contributed by atoms with Crippen molar-refractivity contribution < 1.29 is 19.1 Å². The second kappa shape index (κ2) is 9.99. The maximum atomic E-state index is 12.5. The van der Waals surface area contributed by atoms with E-state index in [1.807, 2.05) is 26.0 Å². The standard InChI is InChI=1S/C21H25ClN2O4/c1-13(2)12-28-20-18(22)9-16(10-19(20)27-4)21(26)23-11-15-6-5-7-17(8-15)24-14(3)25/h5-10,13H,11-12H2,1-4H3,(H,23,26)(H,24,25). The Balaban J connectivity index is 2.10. The molecule has 7 heteroatoms. The van der Waals surface area contributed by atoms with Crippen molar-refractivity contribution in [3.8, 4) is 11.5 Å². The van der Waals surface area contributed by atoms with Gasteiger partial charge in [-0.3, -0.25) is 9.59 Å². The molecule has 2 rings (SSSR count). The van der Waals surface area contributed by atoms with Gasteiger partial charge in [0.05, 0.1) is 18.7 Å². The summed E-state index contributed by atoms with van der Waals surface area (Å²) in [4.78, 5) is 23.7. The molecular formula is C21H25ClN2O4. The Morgan fingerprint density at radius 3 is 2.57 bits per heavy atom. The van der Waals surface area contributed by atoms with Crippen molar-refractivity contribution in [2.24, 2.45) is 5.92 Å². The number of halogens is 1. The van der Waals surface area contributed by atoms with Gasteiger partial charge in [0.2, 0.25) is 5.91 Å². The number of rotatable bonds is 8. The van der Waals surface area contributed by atoms with Crippen LogP contribution in [-0.4, -0.2) is 25.5 Å². The van der Waals surface area contributed by atoms with Crippen molar-refractivity contribution in [1.29, 1.82) is 0 Å². The molecule has 0 fully saturated rings. The highest BCUT2D eigenvalue weighted by molar-refractivity contribution is 6.32. The second-order valence-corrected chi connectivity index (χ2v) is 7.17. The first kappa shape index (κ1) is 21.6. The minimum Gasteiger partial charge on any atom is -0.493 e. The van der Waals surface area contributed by atoms with Crippen LogP contribution in [0.25, 0.3) is 0 Å². The number of carbonyl (C=O) groups is 2. The zero-order chi connectivity index (χ0) is 20.7. The Labute approximate surface area is 170 Å². The minimum atomic E-state index is -0.291. The van der Waals surface area contributed by atoms with E-state index in [1.165, 1.54) is 14.0 Å². The summed E-state index contributed by atoms with van der Waals surface area (Å²) in [6, 6.07) is 10.4. The Bertz CT molecular complexity index is 852. The van der Waals surface area contributed by atoms with E-state index in [-0.39, 0.29) is 11.8 Å². The predicted octanol–water partition coefficient (Wildman–Crippen LogP) is 4.27. The molecule has 0 bridgehead atoms. The average Bonchev–Trinajstić information content (AvgIpc) is 2.64. The van der Waals surface area contributed by atoms with Crippen LogP contribution in [-0.2, 0) is 11.3 Å². The van der Waals surface area contributed by atoms with E-state index in [0.29, 0.717) is 46.8 Å². The van der Waals surface area contributed by atoms with Crippen molar-refractivity contribution in [2.45, 2.75) is 27.3 Å². The summed E-state index contributed by atoms with van der Waals surface area (Å²) in [6.45, 7) is 6.30. The summed E-state index contributed by atoms with van der Waals surface area (Å²) in [6.07, 6.45) is 0. The van der Waals surface area contributed by atoms with Crippen molar-refractivity contribution in [2.75, 3.05) is 19.0 Å². The summed E-state index contributed by atoms with van der Waals surface area (Å²) < 4.78 is 11.0. The number of benzene rings is 2. The Morgan fingerprint density at radius 1 is 1.18 bits per heavy atom. The minimum absolute atomic E-state index is 0.150. The van der Waals surface area contributed by atoms with Crippen molar-refractivity contribution in [3.63, 3.8) is 0 Å². The maximum absolute atomic E-state index is 12.5. The molecule has 2 amide bonds. The molecule has 0 atom stereocenters. The number of methoxy groups -OCH3 is 1. The normalized spacial score (nSPS) is 10.5. The van der Waals surface area contributed by atoms with Gasteiger partial charge in [0.25, 0.3) is 5.91 Å². The molecule has 2 aromatic rings. The SMILES string of the molecule is COc1cc(C(=O)NCc2cccc(NC(C)=O)c2)cc(Cl)c1OCC(C)C. The monoisotopic (exact) mass is 404 g/mol. The number of carbonyl (C=O) groups excluding carboxylic acids is 2. The number of ether oxygens (including phenoxy) is 2. The Morgan fingerprint density at radius 2 is 1.93 bits per heavy atom. The molecule has 150 valence electrons. The fourth-order valence-electron chi connectivity index (χ4n) is 2.49. The third-order valence-electron chi connectivity index (χ3n) is 3.75. The molecule has 0 radical (unpaired) electrons. The van der Waals surface area contributed by atoms with Gasteiger partial charge in [-0.15, -0.1) is 0 Å². The number of hydrogen-bond acceptors (Lipinski definition) is 4. The van der Waals surface area contributed by atoms with Crippen LogP contribution in [0.4, 0.5) is 5.69 Å². The van der Waals surface area contributed by atoms with Gasteiger partial charge in [-0.2, -0.15) is 0 Å². The van der Waals surface area contributed by atoms with Crippen LogP contribution in [0.5, 0.6) is 11.5 Å². The largest absolute Gasteiger partial charge is 0.493 e. The van der Waals surface area contributed by atoms with Gasteiger partial charge in [0.15, 0.2) is 11.5 Å². The molecule has 28 heavy (non-hydrogen) atoms. The predicted molar refractivity (Wildman–Crippen MR) is 110 cm³/mol. The van der Waals surface area contributed by atoms with E-state index in [2.05, 4.69) is 10.6 Å². The third-order valence-corrected chi connectivity index (χ3v) is 4.03. The third kappa shape index (κ3) is 6.16. The molecule has 6 nitrogen and oxygen atoms in total. The highest BCUT2D eigenvalue weighted by Gasteiger charge is 2.16. The molecule has 0 aliphatic heterocycles. The summed E-state index contributed by atoms with van der Waals surface area (Å²) in [7, 11) is 1.50. The lowest BCUT2D eigenvalue weighted by Gasteiger charge is -2.15. The van der Waals surface area contributed by atoms with Crippen LogP contribution in [0.3, 0.4) is 0 Å². The molecule has 0 aromatic heterocycles. The number of amides is 2. The molecule has 0 spiro atoms. The maximum Gasteiger partial charge on any atom is 0.251 e. The molecule has 0 aliphatic carbocycles. The molecule has 2 aromatic carbocycles. The van der Waals surface area contributed by atoms with E-state index >= 15 is 0 Å². The number of hydrogen-bond donors (Lipinski definition) is 2. The van der Waals surface area contributed by atoms with Crippen LogP contribution < -0.4 is 20.1 Å². The van der Waals surface area contributed by atoms with Crippen molar-refractivity contribution in [3.05, 3.63) is 52.5 Å². The first-order valence-corrected chi connectivity index (χ1v) is 9.33. The van der Waals surface area contributed by atoms with Crippen LogP contribution in [0.1, 0.15) is 36.7 Å². The van der Waals surface area contributed by atoms with Gasteiger partial charge in [-0.1, -0.05) is 37.6 Å². The number of anilines is 1. The van der Waals surface area contributed by atoms with E-state index in [9.17, 15) is 9.59 Å². The van der Waals surface area contributed by atoms with E-state index < -0.39 is 0 Å². The zero-order valence-electron chi connectivity index (χ0n) is 16.5. The first-order valence-electron chi connectivity index (χ1n) is 8.95. The highest BCUT2D eigenvalue weighted by atomic mass is 35.5. The summed E-state index contributed by atoms with van der Waals surface area (Å²) in [5.41, 5.74) is 1.90. The summed E-state index contributed by atoms with van der Waals surface area (Å²) >= 11 is 6.30. The molecule has 0 aliphatic rings. The van der Waals surface area contributed by atoms with E-state index in [0.717, 1.165) is 5.56 Å². The van der Waals surface area contributed by atoms with Crippen LogP contribution in [0.15, 0.2) is 36.4 Å². The Kier molecular flexibility index (Phi) is 7.70. The van der Waals surface area contributed by atoms with Gasteiger partial charge in [0, 0.05) is 24.7 Å². The smallest absolute Gasteiger partial charge is 0.251 e. The van der Waals surface area contributed by atoms with Crippen molar-refractivity contribution in [1.82, 2.24) is 5.32 Å². The lowest BCUT2D eigenvalue weighted by atomic mass is 10.1. The fourth-order valence-corrected chi connectivity index (χ4v) is 2.75. The molecular weight excluding hydrogens is 380 g/mol. The van der Waals surface area contributed by atoms with Gasteiger partial charge < -0.3 is 20.1 Å². The Hall–Kier alpha value is -2.73. The lowest BCUT2D eigenvalue weighted by molar-refractivity contribution is -0.114. The van der Waals surface area contributed by atoms with Gasteiger partial charge >= 0.3 is 0 Å².